The summed E-state index contributed by atoms with van der Waals surface area (Å²) in [5.74, 6) is -0.362. The Hall–Kier alpha value is -2.15. The van der Waals surface area contributed by atoms with Crippen LogP contribution in [0.15, 0.2) is 42.2 Å². The molecule has 0 spiro atoms. The first-order chi connectivity index (χ1) is 9.97. The van der Waals surface area contributed by atoms with Gasteiger partial charge in [-0.15, -0.1) is 0 Å². The van der Waals surface area contributed by atoms with Gasteiger partial charge in [-0.3, -0.25) is 9.69 Å². The van der Waals surface area contributed by atoms with Gasteiger partial charge in [-0.25, -0.2) is 8.78 Å². The second kappa shape index (κ2) is 6.53. The second-order valence-corrected chi connectivity index (χ2v) is 4.73. The molecule has 0 radical (unpaired) electrons. The molecule has 1 aliphatic rings. The van der Waals surface area contributed by atoms with E-state index in [1.807, 2.05) is 37.3 Å². The molecule has 0 aliphatic carbocycles. The van der Waals surface area contributed by atoms with Gasteiger partial charge in [0, 0.05) is 12.1 Å². The van der Waals surface area contributed by atoms with Crippen LogP contribution in [0.2, 0.25) is 0 Å². The molecule has 0 saturated heterocycles. The first kappa shape index (κ1) is 15.2. The van der Waals surface area contributed by atoms with E-state index in [0.717, 1.165) is 11.6 Å². The molecule has 1 heterocycles. The zero-order valence-corrected chi connectivity index (χ0v) is 11.5. The standard InChI is InChI=1S/C14H17F2N3O2/c1-9(10-5-3-2-4-6-10)17-12-7-13(20)19(8-11(15)16)14(21)18-12/h2-7,9,11,14,17-18,21H,8H2,1H3/t9-,14?/m0/s1. The lowest BCUT2D eigenvalue weighted by Crippen LogP contribution is -2.55. The van der Waals surface area contributed by atoms with E-state index in [9.17, 15) is 18.7 Å². The molecule has 1 unspecified atom stereocenters. The van der Waals surface area contributed by atoms with E-state index < -0.39 is 25.2 Å². The monoisotopic (exact) mass is 297 g/mol. The topological polar surface area (TPSA) is 64.6 Å². The van der Waals surface area contributed by atoms with Crippen molar-refractivity contribution in [3.63, 3.8) is 0 Å². The van der Waals surface area contributed by atoms with E-state index in [0.29, 0.717) is 10.7 Å². The van der Waals surface area contributed by atoms with Crippen molar-refractivity contribution in [1.29, 1.82) is 0 Å². The average Bonchev–Trinajstić information content (AvgIpc) is 2.43. The van der Waals surface area contributed by atoms with Crippen molar-refractivity contribution in [2.75, 3.05) is 6.54 Å². The summed E-state index contributed by atoms with van der Waals surface area (Å²) in [7, 11) is 0. The molecular weight excluding hydrogens is 280 g/mol. The SMILES string of the molecule is C[C@H](NC1=CC(=O)N(CC(F)F)C(O)N1)c1ccccc1. The molecule has 7 heteroatoms. The minimum atomic E-state index is -2.70. The maximum absolute atomic E-state index is 12.3. The van der Waals surface area contributed by atoms with E-state index in [4.69, 9.17) is 0 Å². The van der Waals surface area contributed by atoms with Gasteiger partial charge in [0.1, 0.15) is 5.82 Å². The van der Waals surface area contributed by atoms with Gasteiger partial charge in [-0.1, -0.05) is 30.3 Å². The van der Waals surface area contributed by atoms with Crippen molar-refractivity contribution in [2.24, 2.45) is 0 Å². The number of halogens is 2. The normalized spacial score (nSPS) is 20.0. The van der Waals surface area contributed by atoms with Gasteiger partial charge in [0.25, 0.3) is 12.3 Å². The van der Waals surface area contributed by atoms with Crippen LogP contribution in [-0.4, -0.2) is 35.2 Å². The maximum atomic E-state index is 12.3. The highest BCUT2D eigenvalue weighted by Gasteiger charge is 2.28. The summed E-state index contributed by atoms with van der Waals surface area (Å²) in [6.45, 7) is 1.07. The molecule has 1 aromatic rings. The van der Waals surface area contributed by atoms with Crippen molar-refractivity contribution in [2.45, 2.75) is 25.7 Å². The van der Waals surface area contributed by atoms with E-state index in [1.54, 1.807) is 0 Å². The second-order valence-electron chi connectivity index (χ2n) is 4.73. The van der Waals surface area contributed by atoms with E-state index in [1.165, 1.54) is 0 Å². The third-order valence-electron chi connectivity index (χ3n) is 3.14. The van der Waals surface area contributed by atoms with Gasteiger partial charge >= 0.3 is 0 Å². The first-order valence-electron chi connectivity index (χ1n) is 6.54. The van der Waals surface area contributed by atoms with Gasteiger partial charge < -0.3 is 15.7 Å². The minimum Gasteiger partial charge on any atom is -0.365 e. The molecule has 114 valence electrons. The number of nitrogens with one attached hydrogen (secondary N) is 2. The summed E-state index contributed by atoms with van der Waals surface area (Å²) in [4.78, 5) is 12.4. The van der Waals surface area contributed by atoms with Gasteiger partial charge in [0.05, 0.1) is 6.54 Å². The molecule has 1 aromatic carbocycles. The molecule has 2 rings (SSSR count). The van der Waals surface area contributed by atoms with Crippen LogP contribution >= 0.6 is 0 Å². The lowest BCUT2D eigenvalue weighted by molar-refractivity contribution is -0.143. The smallest absolute Gasteiger partial charge is 0.256 e. The molecule has 21 heavy (non-hydrogen) atoms. The third kappa shape index (κ3) is 3.91. The summed E-state index contributed by atoms with van der Waals surface area (Å²) in [5, 5.41) is 15.3. The number of aliphatic hydroxyl groups excluding tert-OH is 1. The van der Waals surface area contributed by atoms with Crippen molar-refractivity contribution in [1.82, 2.24) is 15.5 Å². The molecular formula is C14H17F2N3O2. The number of rotatable bonds is 5. The Kier molecular flexibility index (Phi) is 4.74. The number of aliphatic hydroxyl groups is 1. The van der Waals surface area contributed by atoms with Gasteiger partial charge in [0.2, 0.25) is 6.35 Å². The van der Waals surface area contributed by atoms with Gasteiger partial charge in [-0.05, 0) is 12.5 Å². The molecule has 1 aliphatic heterocycles. The Bertz CT molecular complexity index is 522. The number of hydrogen-bond donors (Lipinski definition) is 3. The Morgan fingerprint density at radius 2 is 2.05 bits per heavy atom. The minimum absolute atomic E-state index is 0.105. The van der Waals surface area contributed by atoms with E-state index in [2.05, 4.69) is 10.6 Å². The van der Waals surface area contributed by atoms with Crippen molar-refractivity contribution < 1.29 is 18.7 Å². The molecule has 1 amide bonds. The fraction of sp³-hybridized carbons (Fsp3) is 0.357. The number of carbonyl (C=O) groups is 1. The average molecular weight is 297 g/mol. The van der Waals surface area contributed by atoms with Crippen LogP contribution in [0, 0.1) is 0 Å². The molecule has 5 nitrogen and oxygen atoms in total. The Morgan fingerprint density at radius 1 is 1.38 bits per heavy atom. The highest BCUT2D eigenvalue weighted by molar-refractivity contribution is 5.89. The molecule has 0 saturated carbocycles. The fourth-order valence-electron chi connectivity index (χ4n) is 2.07. The number of hydrogen-bond acceptors (Lipinski definition) is 4. The van der Waals surface area contributed by atoms with Crippen LogP contribution in [0.1, 0.15) is 18.5 Å². The zero-order valence-electron chi connectivity index (χ0n) is 11.5. The maximum Gasteiger partial charge on any atom is 0.256 e. The molecule has 2 atom stereocenters. The van der Waals surface area contributed by atoms with Crippen molar-refractivity contribution in [3.05, 3.63) is 47.8 Å². The lowest BCUT2D eigenvalue weighted by atomic mass is 10.1. The summed E-state index contributed by atoms with van der Waals surface area (Å²) in [6.07, 6.45) is -3.01. The number of benzene rings is 1. The number of alkyl halides is 2. The third-order valence-corrected chi connectivity index (χ3v) is 3.14. The molecule has 0 aromatic heterocycles. The predicted molar refractivity (Wildman–Crippen MR) is 72.9 cm³/mol. The first-order valence-corrected chi connectivity index (χ1v) is 6.54. The zero-order chi connectivity index (χ0) is 15.4. The Labute approximate surface area is 121 Å². The predicted octanol–water partition coefficient (Wildman–Crippen LogP) is 1.15. The molecule has 0 bridgehead atoms. The van der Waals surface area contributed by atoms with Gasteiger partial charge in [-0.2, -0.15) is 0 Å². The lowest BCUT2D eigenvalue weighted by Gasteiger charge is -2.33. The summed E-state index contributed by atoms with van der Waals surface area (Å²) in [5.41, 5.74) is 0.997. The summed E-state index contributed by atoms with van der Waals surface area (Å²) < 4.78 is 24.7. The van der Waals surface area contributed by atoms with Crippen LogP contribution in [0.3, 0.4) is 0 Å². The van der Waals surface area contributed by atoms with E-state index >= 15 is 0 Å². The largest absolute Gasteiger partial charge is 0.365 e. The number of amides is 1. The van der Waals surface area contributed by atoms with Crippen LogP contribution in [0.4, 0.5) is 8.78 Å². The highest BCUT2D eigenvalue weighted by Crippen LogP contribution is 2.15. The van der Waals surface area contributed by atoms with Crippen molar-refractivity contribution >= 4 is 5.91 Å². The fourth-order valence-corrected chi connectivity index (χ4v) is 2.07. The highest BCUT2D eigenvalue weighted by atomic mass is 19.3. The Balaban J connectivity index is 2.03. The Morgan fingerprint density at radius 3 is 2.62 bits per heavy atom. The molecule has 0 fully saturated rings. The van der Waals surface area contributed by atoms with Crippen LogP contribution in [0.5, 0.6) is 0 Å². The number of nitrogens with zero attached hydrogens (tertiary/aromatic N) is 1. The summed E-state index contributed by atoms with van der Waals surface area (Å²) in [6, 6.07) is 9.40. The van der Waals surface area contributed by atoms with Crippen LogP contribution < -0.4 is 10.6 Å². The number of carbonyl (C=O) groups excluding carboxylic acids is 1. The van der Waals surface area contributed by atoms with Gasteiger partial charge in [0.15, 0.2) is 0 Å². The van der Waals surface area contributed by atoms with Crippen LogP contribution in [-0.2, 0) is 4.79 Å². The van der Waals surface area contributed by atoms with E-state index in [-0.39, 0.29) is 6.04 Å². The van der Waals surface area contributed by atoms with Crippen molar-refractivity contribution in [3.8, 4) is 0 Å². The quantitative estimate of drug-likeness (QED) is 0.763. The summed E-state index contributed by atoms with van der Waals surface area (Å²) >= 11 is 0. The molecule has 3 N–H and O–H groups in total. The van der Waals surface area contributed by atoms with Crippen LogP contribution in [0.25, 0.3) is 0 Å².